The fourth-order valence-electron chi connectivity index (χ4n) is 5.66. The maximum Gasteiger partial charge on any atom is 0.259 e. The number of allylic oxidation sites excluding steroid dienone is 2. The zero-order chi connectivity index (χ0) is 24.8. The molecule has 0 radical (unpaired) electrons. The molecular formula is C30H37N3O2. The Bertz CT molecular complexity index is 1040. The number of carbonyl (C=O) groups excluding carboxylic acids is 2. The van der Waals surface area contributed by atoms with E-state index in [2.05, 4.69) is 42.7 Å². The van der Waals surface area contributed by atoms with Crippen LogP contribution in [0.1, 0.15) is 63.5 Å². The molecule has 2 aromatic rings. The predicted octanol–water partition coefficient (Wildman–Crippen LogP) is 5.45. The quantitative estimate of drug-likeness (QED) is 0.320. The normalized spacial score (nSPS) is 23.4. The average molecular weight is 472 g/mol. The Labute approximate surface area is 209 Å². The van der Waals surface area contributed by atoms with Gasteiger partial charge < -0.3 is 5.32 Å². The molecule has 0 heterocycles. The summed E-state index contributed by atoms with van der Waals surface area (Å²) in [6.07, 6.45) is 8.90. The molecule has 4 rings (SSSR count). The number of hydrogen-bond donors (Lipinski definition) is 2. The number of nitrogens with one attached hydrogen (secondary N) is 2. The van der Waals surface area contributed by atoms with E-state index < -0.39 is 5.92 Å². The number of hydrazone groups is 1. The number of benzene rings is 2. The molecule has 2 aliphatic rings. The lowest BCUT2D eigenvalue weighted by Crippen LogP contribution is -2.38. The lowest BCUT2D eigenvalue weighted by molar-refractivity contribution is -0.126. The van der Waals surface area contributed by atoms with Crippen molar-refractivity contribution in [2.24, 2.45) is 28.3 Å². The van der Waals surface area contributed by atoms with Gasteiger partial charge in [0.25, 0.3) is 5.91 Å². The summed E-state index contributed by atoms with van der Waals surface area (Å²) in [5.41, 5.74) is 6.31. The summed E-state index contributed by atoms with van der Waals surface area (Å²) >= 11 is 0. The van der Waals surface area contributed by atoms with E-state index in [1.807, 2.05) is 66.9 Å². The summed E-state index contributed by atoms with van der Waals surface area (Å²) < 4.78 is 0. The second-order valence-corrected chi connectivity index (χ2v) is 10.7. The van der Waals surface area contributed by atoms with Crippen LogP contribution in [-0.2, 0) is 9.59 Å². The molecule has 0 aliphatic heterocycles. The maximum atomic E-state index is 13.1. The van der Waals surface area contributed by atoms with Gasteiger partial charge in [0, 0.05) is 12.1 Å². The summed E-state index contributed by atoms with van der Waals surface area (Å²) in [4.78, 5) is 25.5. The number of amides is 2. The van der Waals surface area contributed by atoms with Gasteiger partial charge in [-0.05, 0) is 54.1 Å². The Kier molecular flexibility index (Phi) is 7.84. The molecule has 3 atom stereocenters. The molecule has 2 amide bonds. The lowest BCUT2D eigenvalue weighted by atomic mass is 9.59. The number of nitrogens with zero attached hydrogens (tertiary/aromatic N) is 1. The van der Waals surface area contributed by atoms with Crippen LogP contribution in [0.25, 0.3) is 0 Å². The molecule has 2 aromatic carbocycles. The van der Waals surface area contributed by atoms with Crippen molar-refractivity contribution in [3.8, 4) is 0 Å². The first-order valence-corrected chi connectivity index (χ1v) is 12.7. The molecule has 184 valence electrons. The van der Waals surface area contributed by atoms with Gasteiger partial charge in [0.2, 0.25) is 5.91 Å². The molecule has 2 aliphatic carbocycles. The van der Waals surface area contributed by atoms with Crippen LogP contribution in [0.3, 0.4) is 0 Å². The largest absolute Gasteiger partial charge is 0.346 e. The summed E-state index contributed by atoms with van der Waals surface area (Å²) in [6, 6.07) is 19.2. The van der Waals surface area contributed by atoms with Crippen LogP contribution in [0.4, 0.5) is 0 Å². The third-order valence-electron chi connectivity index (χ3n) is 7.80. The molecule has 0 saturated heterocycles. The van der Waals surface area contributed by atoms with Crippen molar-refractivity contribution in [2.45, 2.75) is 52.4 Å². The van der Waals surface area contributed by atoms with E-state index in [1.54, 1.807) is 5.57 Å². The highest BCUT2D eigenvalue weighted by Gasteiger charge is 2.40. The van der Waals surface area contributed by atoms with Gasteiger partial charge in [0.15, 0.2) is 0 Å². The van der Waals surface area contributed by atoms with Crippen LogP contribution in [0.5, 0.6) is 0 Å². The second-order valence-electron chi connectivity index (χ2n) is 10.7. The van der Waals surface area contributed by atoms with Gasteiger partial charge in [0.05, 0.1) is 12.5 Å². The van der Waals surface area contributed by atoms with E-state index in [-0.39, 0.29) is 18.4 Å². The highest BCUT2D eigenvalue weighted by Crippen LogP contribution is 2.50. The zero-order valence-corrected chi connectivity index (χ0v) is 21.0. The molecule has 2 N–H and O–H groups in total. The monoisotopic (exact) mass is 471 g/mol. The Morgan fingerprint density at radius 2 is 1.69 bits per heavy atom. The lowest BCUT2D eigenvalue weighted by Gasteiger charge is -2.46. The number of rotatable bonds is 7. The molecule has 5 nitrogen and oxygen atoms in total. The van der Waals surface area contributed by atoms with Crippen molar-refractivity contribution in [1.29, 1.82) is 0 Å². The third-order valence-corrected chi connectivity index (χ3v) is 7.80. The molecule has 5 heteroatoms. The minimum atomic E-state index is -0.474. The van der Waals surface area contributed by atoms with Crippen LogP contribution < -0.4 is 10.7 Å². The fraction of sp³-hybridized carbons (Fsp3) is 0.433. The SMILES string of the molecule is C[C@H]1C[C@H]2C(=CCCC2(C)C)C[C@@H]1/C=N\NC(=O)CNC(=O)C(c1ccccc1)c1ccccc1. The molecule has 1 fully saturated rings. The molecule has 35 heavy (non-hydrogen) atoms. The van der Waals surface area contributed by atoms with Gasteiger partial charge in [-0.2, -0.15) is 5.10 Å². The summed E-state index contributed by atoms with van der Waals surface area (Å²) in [6.45, 7) is 6.95. The van der Waals surface area contributed by atoms with Crippen molar-refractivity contribution in [2.75, 3.05) is 6.54 Å². The molecule has 0 bridgehead atoms. The first-order chi connectivity index (χ1) is 16.8. The molecule has 0 aromatic heterocycles. The van der Waals surface area contributed by atoms with Crippen molar-refractivity contribution in [1.82, 2.24) is 10.7 Å². The molecule has 0 spiro atoms. The Balaban J connectivity index is 1.32. The topological polar surface area (TPSA) is 70.6 Å². The Morgan fingerprint density at radius 1 is 1.06 bits per heavy atom. The first kappa shape index (κ1) is 24.9. The van der Waals surface area contributed by atoms with E-state index >= 15 is 0 Å². The highest BCUT2D eigenvalue weighted by atomic mass is 16.2. The summed E-state index contributed by atoms with van der Waals surface area (Å²) in [5.74, 6) is 0.490. The van der Waals surface area contributed by atoms with E-state index in [9.17, 15) is 9.59 Å². The van der Waals surface area contributed by atoms with Gasteiger partial charge in [-0.3, -0.25) is 9.59 Å². The third kappa shape index (κ3) is 6.08. The van der Waals surface area contributed by atoms with Crippen molar-refractivity contribution >= 4 is 18.0 Å². The van der Waals surface area contributed by atoms with Gasteiger partial charge in [0.1, 0.15) is 0 Å². The minimum Gasteiger partial charge on any atom is -0.346 e. The van der Waals surface area contributed by atoms with Crippen molar-refractivity contribution < 1.29 is 9.59 Å². The highest BCUT2D eigenvalue weighted by molar-refractivity contribution is 5.90. The summed E-state index contributed by atoms with van der Waals surface area (Å²) in [7, 11) is 0. The van der Waals surface area contributed by atoms with Gasteiger partial charge in [-0.15, -0.1) is 0 Å². The Morgan fingerprint density at radius 3 is 2.31 bits per heavy atom. The van der Waals surface area contributed by atoms with Gasteiger partial charge >= 0.3 is 0 Å². The molecule has 0 unspecified atom stereocenters. The number of carbonyl (C=O) groups is 2. The van der Waals surface area contributed by atoms with E-state index in [4.69, 9.17) is 0 Å². The zero-order valence-electron chi connectivity index (χ0n) is 21.0. The van der Waals surface area contributed by atoms with Crippen molar-refractivity contribution in [3.63, 3.8) is 0 Å². The van der Waals surface area contributed by atoms with Crippen LogP contribution in [-0.4, -0.2) is 24.6 Å². The number of hydrogen-bond acceptors (Lipinski definition) is 3. The number of fused-ring (bicyclic) bond motifs is 1. The first-order valence-electron chi connectivity index (χ1n) is 12.7. The fourth-order valence-corrected chi connectivity index (χ4v) is 5.66. The predicted molar refractivity (Wildman–Crippen MR) is 141 cm³/mol. The Hall–Kier alpha value is -3.21. The van der Waals surface area contributed by atoms with Crippen molar-refractivity contribution in [3.05, 3.63) is 83.4 Å². The average Bonchev–Trinajstić information content (AvgIpc) is 2.85. The van der Waals surface area contributed by atoms with Gasteiger partial charge in [-0.1, -0.05) is 93.1 Å². The van der Waals surface area contributed by atoms with Gasteiger partial charge in [-0.25, -0.2) is 5.43 Å². The van der Waals surface area contributed by atoms with Crippen LogP contribution >= 0.6 is 0 Å². The van der Waals surface area contributed by atoms with Crippen LogP contribution in [0.15, 0.2) is 77.4 Å². The summed E-state index contributed by atoms with van der Waals surface area (Å²) in [5, 5.41) is 7.04. The molecule has 1 saturated carbocycles. The smallest absolute Gasteiger partial charge is 0.259 e. The van der Waals surface area contributed by atoms with E-state index in [0.29, 0.717) is 23.2 Å². The maximum absolute atomic E-state index is 13.1. The van der Waals surface area contributed by atoms with Crippen LogP contribution in [0.2, 0.25) is 0 Å². The minimum absolute atomic E-state index is 0.117. The van der Waals surface area contributed by atoms with E-state index in [0.717, 1.165) is 24.0 Å². The standard InChI is InChI=1S/C30H37N3O2/c1-21-17-26-24(15-10-16-30(26,2)3)18-25(21)19-32-33-27(34)20-31-29(35)28(22-11-6-4-7-12-22)23-13-8-5-9-14-23/h4-9,11-15,19,21,25-26,28H,10,16-18,20H2,1-3H3,(H,31,35)(H,33,34)/b32-19-/t21-,25+,26-/m0/s1. The second kappa shape index (κ2) is 11.0. The molecular weight excluding hydrogens is 434 g/mol. The van der Waals surface area contributed by atoms with E-state index in [1.165, 1.54) is 12.8 Å². The van der Waals surface area contributed by atoms with Crippen LogP contribution in [0, 0.1) is 23.2 Å².